The van der Waals surface area contributed by atoms with Crippen molar-refractivity contribution in [2.24, 2.45) is 0 Å². The predicted octanol–water partition coefficient (Wildman–Crippen LogP) is 6.10. The third-order valence-corrected chi connectivity index (χ3v) is 5.91. The van der Waals surface area contributed by atoms with Gasteiger partial charge >= 0.3 is 0 Å². The van der Waals surface area contributed by atoms with E-state index in [0.29, 0.717) is 33.8 Å². The van der Waals surface area contributed by atoms with E-state index < -0.39 is 0 Å². The lowest BCUT2D eigenvalue weighted by molar-refractivity contribution is 0.628. The molecule has 0 saturated carbocycles. The molecule has 0 bridgehead atoms. The molecule has 0 aliphatic heterocycles. The van der Waals surface area contributed by atoms with E-state index in [1.54, 1.807) is 24.7 Å². The topological polar surface area (TPSA) is 108 Å². The van der Waals surface area contributed by atoms with Crippen LogP contribution in [0, 0.1) is 5.82 Å². The normalized spacial score (nSPS) is 11.3. The van der Waals surface area contributed by atoms with E-state index in [-0.39, 0.29) is 5.82 Å². The number of rotatable bonds is 6. The third kappa shape index (κ3) is 3.86. The number of imidazole rings is 1. The lowest BCUT2D eigenvalue weighted by Gasteiger charge is -2.08. The molecule has 9 heteroatoms. The summed E-state index contributed by atoms with van der Waals surface area (Å²) < 4.78 is 13.8. The summed E-state index contributed by atoms with van der Waals surface area (Å²) in [6, 6.07) is 14.0. The highest BCUT2D eigenvalue weighted by molar-refractivity contribution is 5.95. The monoisotopic (exact) mass is 476 g/mol. The van der Waals surface area contributed by atoms with Crippen LogP contribution < -0.4 is 5.32 Å². The van der Waals surface area contributed by atoms with Crippen LogP contribution in [0.5, 0.6) is 0 Å². The molecule has 0 atom stereocenters. The van der Waals surface area contributed by atoms with Crippen LogP contribution in [-0.2, 0) is 0 Å². The summed E-state index contributed by atoms with van der Waals surface area (Å²) in [6.45, 7) is 6.04. The first-order chi connectivity index (χ1) is 17.6. The summed E-state index contributed by atoms with van der Waals surface area (Å²) in [5.74, 6) is 0.212. The Labute approximate surface area is 205 Å². The van der Waals surface area contributed by atoms with E-state index in [9.17, 15) is 4.39 Å². The molecule has 176 valence electrons. The zero-order chi connectivity index (χ0) is 24.6. The molecule has 5 heterocycles. The van der Waals surface area contributed by atoms with Gasteiger partial charge in [0.2, 0.25) is 0 Å². The number of anilines is 1. The molecule has 5 aromatic heterocycles. The molecule has 0 fully saturated rings. The van der Waals surface area contributed by atoms with Crippen LogP contribution in [0.1, 0.15) is 13.3 Å². The van der Waals surface area contributed by atoms with Crippen molar-refractivity contribution in [3.05, 3.63) is 85.2 Å². The molecule has 0 amide bonds. The molecule has 0 spiro atoms. The fourth-order valence-corrected chi connectivity index (χ4v) is 4.06. The first kappa shape index (κ1) is 21.6. The Balaban J connectivity index is 1.43. The van der Waals surface area contributed by atoms with E-state index in [1.165, 1.54) is 12.1 Å². The molecule has 0 aliphatic rings. The first-order valence-corrected chi connectivity index (χ1v) is 11.5. The van der Waals surface area contributed by atoms with Gasteiger partial charge < -0.3 is 10.3 Å². The van der Waals surface area contributed by atoms with Crippen LogP contribution in [0.2, 0.25) is 0 Å². The number of hydrogen-bond donors (Lipinski definition) is 3. The number of nitrogens with one attached hydrogen (secondary N) is 3. The minimum atomic E-state index is -0.329. The van der Waals surface area contributed by atoms with E-state index in [1.807, 2.05) is 37.3 Å². The largest absolute Gasteiger partial charge is 0.358 e. The number of allylic oxidation sites excluding steroid dienone is 1. The Morgan fingerprint density at radius 1 is 0.972 bits per heavy atom. The number of nitrogens with zero attached hydrogens (tertiary/aromatic N) is 5. The zero-order valence-electron chi connectivity index (χ0n) is 19.4. The Morgan fingerprint density at radius 3 is 2.72 bits per heavy atom. The molecular weight excluding hydrogens is 455 g/mol. The van der Waals surface area contributed by atoms with Crippen LogP contribution >= 0.6 is 0 Å². The molecule has 36 heavy (non-hydrogen) atoms. The number of pyridine rings is 3. The van der Waals surface area contributed by atoms with Crippen LogP contribution in [0.4, 0.5) is 10.1 Å². The van der Waals surface area contributed by atoms with Gasteiger partial charge in [-0.2, -0.15) is 5.10 Å². The van der Waals surface area contributed by atoms with E-state index in [4.69, 9.17) is 9.97 Å². The van der Waals surface area contributed by atoms with Gasteiger partial charge in [0.25, 0.3) is 0 Å². The highest BCUT2D eigenvalue weighted by Gasteiger charge is 2.17. The molecule has 6 rings (SSSR count). The van der Waals surface area contributed by atoms with Crippen LogP contribution in [0.15, 0.2) is 79.4 Å². The van der Waals surface area contributed by atoms with Crippen molar-refractivity contribution in [1.82, 2.24) is 35.1 Å². The van der Waals surface area contributed by atoms with Gasteiger partial charge in [0, 0.05) is 29.2 Å². The van der Waals surface area contributed by atoms with Crippen molar-refractivity contribution < 1.29 is 4.39 Å². The van der Waals surface area contributed by atoms with E-state index >= 15 is 0 Å². The molecule has 1 aromatic carbocycles. The van der Waals surface area contributed by atoms with Gasteiger partial charge in [-0.3, -0.25) is 15.1 Å². The number of aromatic amines is 2. The maximum Gasteiger partial charge on any atom is 0.161 e. The molecular formula is C27H21FN8. The molecule has 0 saturated heterocycles. The molecule has 0 unspecified atom stereocenters. The third-order valence-electron chi connectivity index (χ3n) is 5.91. The second kappa shape index (κ2) is 8.70. The SMILES string of the molecule is C=C(CC)Nc1cncc(-c2ccc3[nH]nc(-c4nc5c(-c6cccc(F)c6)nccc5[nH]4)c3n2)c1. The standard InChI is InChI=1S/C27H21FN8/c1-3-15(2)31-19-12-17(13-29-14-19)20-7-8-22-25(32-20)26(36-35-22)27-33-21-9-10-30-23(24(21)34-27)16-5-4-6-18(28)11-16/h4-14,31H,2-3H2,1H3,(H,33,34)(H,35,36). The maximum atomic E-state index is 13.8. The van der Waals surface area contributed by atoms with Gasteiger partial charge in [-0.15, -0.1) is 0 Å². The predicted molar refractivity (Wildman–Crippen MR) is 138 cm³/mol. The van der Waals surface area contributed by atoms with Crippen molar-refractivity contribution in [2.75, 3.05) is 5.32 Å². The second-order valence-corrected chi connectivity index (χ2v) is 8.36. The molecule has 6 aromatic rings. The molecule has 3 N–H and O–H groups in total. The van der Waals surface area contributed by atoms with Gasteiger partial charge in [-0.25, -0.2) is 14.4 Å². The first-order valence-electron chi connectivity index (χ1n) is 11.5. The van der Waals surface area contributed by atoms with Crippen molar-refractivity contribution >= 4 is 27.8 Å². The fourth-order valence-electron chi connectivity index (χ4n) is 4.06. The minimum Gasteiger partial charge on any atom is -0.358 e. The lowest BCUT2D eigenvalue weighted by atomic mass is 10.1. The Hall–Kier alpha value is -4.92. The van der Waals surface area contributed by atoms with Crippen molar-refractivity contribution in [2.45, 2.75) is 13.3 Å². The summed E-state index contributed by atoms with van der Waals surface area (Å²) in [5.41, 5.74) is 8.04. The maximum absolute atomic E-state index is 13.8. The van der Waals surface area contributed by atoms with E-state index in [0.717, 1.165) is 40.1 Å². The molecule has 0 radical (unpaired) electrons. The molecule has 8 nitrogen and oxygen atoms in total. The number of hydrogen-bond acceptors (Lipinski definition) is 6. The Kier molecular flexibility index (Phi) is 5.22. The second-order valence-electron chi connectivity index (χ2n) is 8.36. The van der Waals surface area contributed by atoms with Gasteiger partial charge in [0.15, 0.2) is 11.5 Å². The summed E-state index contributed by atoms with van der Waals surface area (Å²) in [4.78, 5) is 21.8. The summed E-state index contributed by atoms with van der Waals surface area (Å²) in [5, 5.41) is 10.8. The summed E-state index contributed by atoms with van der Waals surface area (Å²) >= 11 is 0. The summed E-state index contributed by atoms with van der Waals surface area (Å²) in [7, 11) is 0. The highest BCUT2D eigenvalue weighted by atomic mass is 19.1. The van der Waals surface area contributed by atoms with Gasteiger partial charge in [0.1, 0.15) is 16.9 Å². The van der Waals surface area contributed by atoms with Gasteiger partial charge in [-0.05, 0) is 42.8 Å². The number of aromatic nitrogens is 7. The van der Waals surface area contributed by atoms with Crippen molar-refractivity contribution in [1.29, 1.82) is 0 Å². The quantitative estimate of drug-likeness (QED) is 0.268. The minimum absolute atomic E-state index is 0.329. The lowest BCUT2D eigenvalue weighted by Crippen LogP contribution is -1.97. The van der Waals surface area contributed by atoms with E-state index in [2.05, 4.69) is 37.0 Å². The van der Waals surface area contributed by atoms with Crippen molar-refractivity contribution in [3.8, 4) is 34.0 Å². The van der Waals surface area contributed by atoms with Gasteiger partial charge in [0.05, 0.1) is 34.3 Å². The number of H-pyrrole nitrogens is 2. The summed E-state index contributed by atoms with van der Waals surface area (Å²) in [6.07, 6.45) is 6.02. The van der Waals surface area contributed by atoms with Crippen molar-refractivity contribution in [3.63, 3.8) is 0 Å². The average Bonchev–Trinajstić information content (AvgIpc) is 3.52. The Morgan fingerprint density at radius 2 is 1.86 bits per heavy atom. The number of benzene rings is 1. The number of halogens is 1. The fraction of sp³-hybridized carbons (Fsp3) is 0.0741. The smallest absolute Gasteiger partial charge is 0.161 e. The average molecular weight is 477 g/mol. The number of fused-ring (bicyclic) bond motifs is 2. The van der Waals surface area contributed by atoms with Gasteiger partial charge in [-0.1, -0.05) is 25.6 Å². The zero-order valence-corrected chi connectivity index (χ0v) is 19.4. The van der Waals surface area contributed by atoms with Crippen LogP contribution in [-0.4, -0.2) is 35.1 Å². The van der Waals surface area contributed by atoms with Crippen LogP contribution in [0.25, 0.3) is 56.1 Å². The highest BCUT2D eigenvalue weighted by Crippen LogP contribution is 2.31. The molecule has 0 aliphatic carbocycles. The van der Waals surface area contributed by atoms with Crippen LogP contribution in [0.3, 0.4) is 0 Å². The Bertz CT molecular complexity index is 1750.